The van der Waals surface area contributed by atoms with E-state index in [0.717, 1.165) is 22.3 Å². The molecule has 3 nitrogen and oxygen atoms in total. The molecule has 1 unspecified atom stereocenters. The highest BCUT2D eigenvalue weighted by Crippen LogP contribution is 2.32. The van der Waals surface area contributed by atoms with Gasteiger partial charge in [0, 0.05) is 13.1 Å². The van der Waals surface area contributed by atoms with Gasteiger partial charge in [0.25, 0.3) is 0 Å². The Labute approximate surface area is 137 Å². The normalized spacial score (nSPS) is 19.6. The average Bonchev–Trinajstić information content (AvgIpc) is 2.56. The van der Waals surface area contributed by atoms with Crippen LogP contribution in [0.25, 0.3) is 0 Å². The third-order valence-corrected chi connectivity index (χ3v) is 4.24. The number of halogens is 2. The lowest BCUT2D eigenvalue weighted by Crippen LogP contribution is -2.43. The van der Waals surface area contributed by atoms with E-state index in [-0.39, 0.29) is 18.0 Å². The summed E-state index contributed by atoms with van der Waals surface area (Å²) in [6, 6.07) is 14.1. The Kier molecular flexibility index (Phi) is 5.08. The molecule has 2 aromatic rings. The topological polar surface area (TPSA) is 30.5 Å². The number of benzene rings is 2. The van der Waals surface area contributed by atoms with Gasteiger partial charge in [0.1, 0.15) is 17.7 Å². The molecule has 1 aliphatic rings. The summed E-state index contributed by atoms with van der Waals surface area (Å²) in [4.78, 5) is 0. The molecular formula is C17H17BrFNO2. The van der Waals surface area contributed by atoms with Gasteiger partial charge < -0.3 is 14.8 Å². The molecule has 0 amide bonds. The molecule has 22 heavy (non-hydrogen) atoms. The predicted molar refractivity (Wildman–Crippen MR) is 86.5 cm³/mol. The zero-order valence-electron chi connectivity index (χ0n) is 12.0. The van der Waals surface area contributed by atoms with Crippen molar-refractivity contribution in [2.24, 2.45) is 0 Å². The third kappa shape index (κ3) is 3.66. The van der Waals surface area contributed by atoms with E-state index >= 15 is 0 Å². The van der Waals surface area contributed by atoms with Crippen LogP contribution in [0.5, 0.6) is 5.75 Å². The van der Waals surface area contributed by atoms with Crippen LogP contribution in [0.4, 0.5) is 4.39 Å². The van der Waals surface area contributed by atoms with E-state index in [1.54, 1.807) is 12.1 Å². The maximum atomic E-state index is 13.2. The predicted octanol–water partition coefficient (Wildman–Crippen LogP) is 3.70. The van der Waals surface area contributed by atoms with Gasteiger partial charge in [-0.1, -0.05) is 24.3 Å². The second-order valence-electron chi connectivity index (χ2n) is 5.13. The fourth-order valence-corrected chi connectivity index (χ4v) is 2.85. The summed E-state index contributed by atoms with van der Waals surface area (Å²) in [6.45, 7) is 2.18. The summed E-state index contributed by atoms with van der Waals surface area (Å²) in [7, 11) is 0. The largest absolute Gasteiger partial charge is 0.482 e. The molecule has 0 saturated carbocycles. The average molecular weight is 366 g/mol. The van der Waals surface area contributed by atoms with E-state index in [1.165, 1.54) is 12.1 Å². The first-order valence-electron chi connectivity index (χ1n) is 7.23. The van der Waals surface area contributed by atoms with Crippen LogP contribution in [0.15, 0.2) is 53.0 Å². The molecular weight excluding hydrogens is 349 g/mol. The molecule has 0 aliphatic carbocycles. The lowest BCUT2D eigenvalue weighted by Gasteiger charge is -2.32. The van der Waals surface area contributed by atoms with Crippen molar-refractivity contribution in [1.82, 2.24) is 5.32 Å². The SMILES string of the molecule is Fc1ccc([C@H](Oc2ccccc2Br)C2CNCCO2)cc1. The maximum Gasteiger partial charge on any atom is 0.151 e. The molecule has 1 N–H and O–H groups in total. The molecule has 1 aliphatic heterocycles. The fraction of sp³-hybridized carbons (Fsp3) is 0.294. The zero-order valence-corrected chi connectivity index (χ0v) is 13.6. The molecule has 0 bridgehead atoms. The van der Waals surface area contributed by atoms with Crippen molar-refractivity contribution < 1.29 is 13.9 Å². The van der Waals surface area contributed by atoms with Crippen LogP contribution >= 0.6 is 15.9 Å². The van der Waals surface area contributed by atoms with Gasteiger partial charge in [-0.3, -0.25) is 0 Å². The van der Waals surface area contributed by atoms with Crippen LogP contribution in [0.1, 0.15) is 11.7 Å². The molecule has 1 saturated heterocycles. The van der Waals surface area contributed by atoms with Crippen molar-refractivity contribution in [1.29, 1.82) is 0 Å². The Morgan fingerprint density at radius 2 is 1.95 bits per heavy atom. The van der Waals surface area contributed by atoms with Gasteiger partial charge in [-0.15, -0.1) is 0 Å². The molecule has 0 spiro atoms. The van der Waals surface area contributed by atoms with E-state index < -0.39 is 0 Å². The Hall–Kier alpha value is -1.43. The maximum absolute atomic E-state index is 13.2. The van der Waals surface area contributed by atoms with Crippen molar-refractivity contribution in [3.8, 4) is 5.75 Å². The van der Waals surface area contributed by atoms with Crippen molar-refractivity contribution in [3.05, 3.63) is 64.4 Å². The highest BCUT2D eigenvalue weighted by atomic mass is 79.9. The van der Waals surface area contributed by atoms with E-state index in [0.29, 0.717) is 13.2 Å². The van der Waals surface area contributed by atoms with Crippen LogP contribution in [-0.2, 0) is 4.74 Å². The monoisotopic (exact) mass is 365 g/mol. The fourth-order valence-electron chi connectivity index (χ4n) is 2.47. The van der Waals surface area contributed by atoms with Crippen molar-refractivity contribution >= 4 is 15.9 Å². The number of para-hydroxylation sites is 1. The molecule has 1 fully saturated rings. The Morgan fingerprint density at radius 1 is 1.18 bits per heavy atom. The summed E-state index contributed by atoms with van der Waals surface area (Å²) in [5.41, 5.74) is 0.894. The van der Waals surface area contributed by atoms with Crippen LogP contribution in [0.3, 0.4) is 0 Å². The van der Waals surface area contributed by atoms with Gasteiger partial charge >= 0.3 is 0 Å². The number of hydrogen-bond acceptors (Lipinski definition) is 3. The van der Waals surface area contributed by atoms with Gasteiger partial charge in [0.05, 0.1) is 11.1 Å². The summed E-state index contributed by atoms with van der Waals surface area (Å²) in [5, 5.41) is 3.31. The number of morpholine rings is 1. The zero-order chi connectivity index (χ0) is 15.4. The van der Waals surface area contributed by atoms with Crippen LogP contribution in [0, 0.1) is 5.82 Å². The van der Waals surface area contributed by atoms with Crippen LogP contribution in [0.2, 0.25) is 0 Å². The lowest BCUT2D eigenvalue weighted by molar-refractivity contribution is -0.0434. The first-order valence-corrected chi connectivity index (χ1v) is 8.02. The minimum absolute atomic E-state index is 0.119. The standard InChI is InChI=1S/C17H17BrFNO2/c18-14-3-1-2-4-15(14)22-17(16-11-20-9-10-21-16)12-5-7-13(19)8-6-12/h1-8,16-17,20H,9-11H2/t16?,17-/m0/s1. The lowest BCUT2D eigenvalue weighted by atomic mass is 10.0. The van der Waals surface area contributed by atoms with E-state index in [9.17, 15) is 4.39 Å². The molecule has 0 aromatic heterocycles. The highest BCUT2D eigenvalue weighted by Gasteiger charge is 2.28. The summed E-state index contributed by atoms with van der Waals surface area (Å²) in [5.74, 6) is 0.483. The molecule has 1 heterocycles. The first kappa shape index (κ1) is 15.5. The van der Waals surface area contributed by atoms with Crippen molar-refractivity contribution in [3.63, 3.8) is 0 Å². The third-order valence-electron chi connectivity index (χ3n) is 3.58. The van der Waals surface area contributed by atoms with Gasteiger partial charge in [-0.25, -0.2) is 4.39 Å². The van der Waals surface area contributed by atoms with Gasteiger partial charge in [-0.2, -0.15) is 0 Å². The minimum Gasteiger partial charge on any atom is -0.482 e. The summed E-state index contributed by atoms with van der Waals surface area (Å²) >= 11 is 3.49. The Bertz CT molecular complexity index is 614. The van der Waals surface area contributed by atoms with Gasteiger partial charge in [0.15, 0.2) is 6.10 Å². The highest BCUT2D eigenvalue weighted by molar-refractivity contribution is 9.10. The smallest absolute Gasteiger partial charge is 0.151 e. The van der Waals surface area contributed by atoms with Crippen LogP contribution in [-0.4, -0.2) is 25.8 Å². The number of ether oxygens (including phenoxy) is 2. The Balaban J connectivity index is 1.88. The van der Waals surface area contributed by atoms with Crippen molar-refractivity contribution in [2.45, 2.75) is 12.2 Å². The van der Waals surface area contributed by atoms with Gasteiger partial charge in [-0.05, 0) is 45.8 Å². The number of rotatable bonds is 4. The molecule has 5 heteroatoms. The van der Waals surface area contributed by atoms with Gasteiger partial charge in [0.2, 0.25) is 0 Å². The number of nitrogens with one attached hydrogen (secondary N) is 1. The van der Waals surface area contributed by atoms with Crippen LogP contribution < -0.4 is 10.1 Å². The van der Waals surface area contributed by atoms with E-state index in [2.05, 4.69) is 21.2 Å². The first-order chi connectivity index (χ1) is 10.7. The van der Waals surface area contributed by atoms with E-state index in [1.807, 2.05) is 24.3 Å². The second-order valence-corrected chi connectivity index (χ2v) is 5.99. The summed E-state index contributed by atoms with van der Waals surface area (Å²) < 4.78 is 26.1. The number of hydrogen-bond donors (Lipinski definition) is 1. The summed E-state index contributed by atoms with van der Waals surface area (Å²) in [6.07, 6.45) is -0.418. The molecule has 2 atom stereocenters. The molecule has 116 valence electrons. The minimum atomic E-state index is -0.299. The molecule has 0 radical (unpaired) electrons. The quantitative estimate of drug-likeness (QED) is 0.895. The second kappa shape index (κ2) is 7.22. The Morgan fingerprint density at radius 3 is 2.64 bits per heavy atom. The van der Waals surface area contributed by atoms with Crippen molar-refractivity contribution in [2.75, 3.05) is 19.7 Å². The molecule has 3 rings (SSSR count). The van der Waals surface area contributed by atoms with E-state index in [4.69, 9.17) is 9.47 Å². The molecule has 2 aromatic carbocycles.